The number of β-amino-alcohol motifs (C(OH)–C–C–N with tert-alkyl or cyclic N) is 1. The van der Waals surface area contributed by atoms with Gasteiger partial charge in [-0.2, -0.15) is 0 Å². The number of carbonyl (C=O) groups is 2. The molecular formula is C26H31N3O3. The van der Waals surface area contributed by atoms with E-state index < -0.39 is 6.10 Å². The summed E-state index contributed by atoms with van der Waals surface area (Å²) in [6, 6.07) is 14.2. The monoisotopic (exact) mass is 433 g/mol. The Kier molecular flexibility index (Phi) is 5.98. The maximum atomic E-state index is 13.1. The van der Waals surface area contributed by atoms with Crippen molar-refractivity contribution >= 4 is 17.5 Å². The van der Waals surface area contributed by atoms with Gasteiger partial charge in [-0.05, 0) is 60.6 Å². The number of benzene rings is 2. The molecular weight excluding hydrogens is 402 g/mol. The second-order valence-electron chi connectivity index (χ2n) is 9.25. The summed E-state index contributed by atoms with van der Waals surface area (Å²) in [6.45, 7) is 4.06. The highest BCUT2D eigenvalue weighted by Crippen LogP contribution is 2.27. The van der Waals surface area contributed by atoms with Crippen molar-refractivity contribution < 1.29 is 14.7 Å². The van der Waals surface area contributed by atoms with Gasteiger partial charge in [0.25, 0.3) is 5.91 Å². The minimum Gasteiger partial charge on any atom is -0.390 e. The summed E-state index contributed by atoms with van der Waals surface area (Å²) in [5, 5.41) is 10.7. The number of aliphatic hydroxyl groups is 1. The third-order valence-electron chi connectivity index (χ3n) is 7.00. The van der Waals surface area contributed by atoms with Crippen LogP contribution in [0.3, 0.4) is 0 Å². The zero-order valence-electron chi connectivity index (χ0n) is 18.5. The average Bonchev–Trinajstić information content (AvgIpc) is 2.81. The first kappa shape index (κ1) is 21.2. The molecule has 168 valence electrons. The Hall–Kier alpha value is -2.70. The second-order valence-corrected chi connectivity index (χ2v) is 9.25. The number of hydrogen-bond donors (Lipinski definition) is 1. The normalized spacial score (nSPS) is 20.2. The molecule has 3 heterocycles. The first-order valence-electron chi connectivity index (χ1n) is 11.8. The largest absolute Gasteiger partial charge is 0.390 e. The lowest BCUT2D eigenvalue weighted by Gasteiger charge is -2.34. The Morgan fingerprint density at radius 1 is 0.844 bits per heavy atom. The Morgan fingerprint density at radius 2 is 1.66 bits per heavy atom. The van der Waals surface area contributed by atoms with Crippen molar-refractivity contribution in [2.24, 2.45) is 0 Å². The van der Waals surface area contributed by atoms with Gasteiger partial charge in [0.1, 0.15) is 0 Å². The molecule has 0 aliphatic carbocycles. The molecule has 0 saturated carbocycles. The Labute approximate surface area is 189 Å². The van der Waals surface area contributed by atoms with Crippen LogP contribution in [0.4, 0.5) is 5.69 Å². The smallest absolute Gasteiger partial charge is 0.254 e. The van der Waals surface area contributed by atoms with Gasteiger partial charge in [0, 0.05) is 56.9 Å². The van der Waals surface area contributed by atoms with Crippen LogP contribution in [0, 0.1) is 0 Å². The number of fused-ring (bicyclic) bond motifs is 2. The summed E-state index contributed by atoms with van der Waals surface area (Å²) in [5.41, 5.74) is 5.33. The number of hydrogen-bond acceptors (Lipinski definition) is 4. The zero-order chi connectivity index (χ0) is 22.1. The van der Waals surface area contributed by atoms with E-state index in [1.54, 1.807) is 4.90 Å². The van der Waals surface area contributed by atoms with E-state index in [0.717, 1.165) is 56.6 Å². The van der Waals surface area contributed by atoms with Crippen molar-refractivity contribution in [3.63, 3.8) is 0 Å². The number of nitrogens with zero attached hydrogens (tertiary/aromatic N) is 3. The SMILES string of the molecule is O=C1c2ccc(N3CCCCC3=O)cc2CCN1C[C@H](O)CN1CCc2ccccc2C1. The maximum absolute atomic E-state index is 13.1. The van der Waals surface area contributed by atoms with Gasteiger partial charge in [0.2, 0.25) is 5.91 Å². The van der Waals surface area contributed by atoms with Crippen molar-refractivity contribution in [2.75, 3.05) is 37.6 Å². The summed E-state index contributed by atoms with van der Waals surface area (Å²) in [7, 11) is 0. The van der Waals surface area contributed by atoms with Gasteiger partial charge < -0.3 is 14.9 Å². The van der Waals surface area contributed by atoms with E-state index in [-0.39, 0.29) is 11.8 Å². The van der Waals surface area contributed by atoms with Crippen LogP contribution in [0.1, 0.15) is 46.3 Å². The van der Waals surface area contributed by atoms with Crippen LogP contribution in [0.25, 0.3) is 0 Å². The van der Waals surface area contributed by atoms with Crippen LogP contribution >= 0.6 is 0 Å². The number of piperidine rings is 1. The predicted octanol–water partition coefficient (Wildman–Crippen LogP) is 2.62. The summed E-state index contributed by atoms with van der Waals surface area (Å²) in [6.07, 6.45) is 3.76. The van der Waals surface area contributed by atoms with E-state index in [1.807, 2.05) is 23.1 Å². The molecule has 0 unspecified atom stereocenters. The average molecular weight is 434 g/mol. The Morgan fingerprint density at radius 3 is 2.50 bits per heavy atom. The molecule has 0 radical (unpaired) electrons. The fraction of sp³-hybridized carbons (Fsp3) is 0.462. The van der Waals surface area contributed by atoms with Crippen LogP contribution in [0.15, 0.2) is 42.5 Å². The summed E-state index contributed by atoms with van der Waals surface area (Å²) in [5.74, 6) is 0.147. The molecule has 2 amide bonds. The molecule has 1 saturated heterocycles. The lowest BCUT2D eigenvalue weighted by molar-refractivity contribution is -0.119. The Balaban J connectivity index is 1.21. The molecule has 6 heteroatoms. The van der Waals surface area contributed by atoms with Crippen molar-refractivity contribution in [2.45, 2.75) is 44.8 Å². The number of anilines is 1. The second kappa shape index (κ2) is 9.04. The van der Waals surface area contributed by atoms with E-state index in [0.29, 0.717) is 31.6 Å². The van der Waals surface area contributed by atoms with Crippen LogP contribution < -0.4 is 4.90 Å². The van der Waals surface area contributed by atoms with Crippen molar-refractivity contribution in [1.82, 2.24) is 9.80 Å². The molecule has 0 bridgehead atoms. The van der Waals surface area contributed by atoms with Gasteiger partial charge >= 0.3 is 0 Å². The highest BCUT2D eigenvalue weighted by Gasteiger charge is 2.28. The highest BCUT2D eigenvalue weighted by molar-refractivity contribution is 5.99. The third-order valence-corrected chi connectivity index (χ3v) is 7.00. The molecule has 1 fully saturated rings. The van der Waals surface area contributed by atoms with Gasteiger partial charge in [-0.15, -0.1) is 0 Å². The maximum Gasteiger partial charge on any atom is 0.254 e. The minimum atomic E-state index is -0.573. The quantitative estimate of drug-likeness (QED) is 0.787. The fourth-order valence-corrected chi connectivity index (χ4v) is 5.26. The summed E-state index contributed by atoms with van der Waals surface area (Å²) in [4.78, 5) is 31.2. The molecule has 32 heavy (non-hydrogen) atoms. The van der Waals surface area contributed by atoms with E-state index in [4.69, 9.17) is 0 Å². The van der Waals surface area contributed by atoms with Gasteiger partial charge in [0.15, 0.2) is 0 Å². The van der Waals surface area contributed by atoms with Crippen molar-refractivity contribution in [3.8, 4) is 0 Å². The molecule has 1 N–H and O–H groups in total. The van der Waals surface area contributed by atoms with Crippen LogP contribution in [0.5, 0.6) is 0 Å². The molecule has 0 spiro atoms. The highest BCUT2D eigenvalue weighted by atomic mass is 16.3. The van der Waals surface area contributed by atoms with Crippen LogP contribution in [-0.4, -0.2) is 65.5 Å². The Bertz CT molecular complexity index is 1020. The molecule has 2 aromatic carbocycles. The molecule has 0 aromatic heterocycles. The van der Waals surface area contributed by atoms with Gasteiger partial charge in [-0.1, -0.05) is 24.3 Å². The summed E-state index contributed by atoms with van der Waals surface area (Å²) >= 11 is 0. The molecule has 1 atom stereocenters. The lowest BCUT2D eigenvalue weighted by atomic mass is 9.97. The van der Waals surface area contributed by atoms with Gasteiger partial charge in [0.05, 0.1) is 6.10 Å². The third kappa shape index (κ3) is 4.30. The number of carbonyl (C=O) groups excluding carboxylic acids is 2. The summed E-state index contributed by atoms with van der Waals surface area (Å²) < 4.78 is 0. The molecule has 2 aromatic rings. The minimum absolute atomic E-state index is 0.0224. The van der Waals surface area contributed by atoms with Crippen molar-refractivity contribution in [1.29, 1.82) is 0 Å². The van der Waals surface area contributed by atoms with Gasteiger partial charge in [-0.3, -0.25) is 14.5 Å². The van der Waals surface area contributed by atoms with E-state index >= 15 is 0 Å². The van der Waals surface area contributed by atoms with Crippen LogP contribution in [0.2, 0.25) is 0 Å². The zero-order valence-corrected chi connectivity index (χ0v) is 18.5. The number of amides is 2. The first-order chi connectivity index (χ1) is 15.6. The molecule has 3 aliphatic rings. The molecule has 6 nitrogen and oxygen atoms in total. The van der Waals surface area contributed by atoms with Gasteiger partial charge in [-0.25, -0.2) is 0 Å². The number of rotatable bonds is 5. The van der Waals surface area contributed by atoms with Crippen molar-refractivity contribution in [3.05, 3.63) is 64.7 Å². The lowest BCUT2D eigenvalue weighted by Crippen LogP contribution is -2.46. The predicted molar refractivity (Wildman–Crippen MR) is 124 cm³/mol. The van der Waals surface area contributed by atoms with E-state index in [1.165, 1.54) is 11.1 Å². The van der Waals surface area contributed by atoms with E-state index in [9.17, 15) is 14.7 Å². The van der Waals surface area contributed by atoms with Crippen LogP contribution in [-0.2, 0) is 24.2 Å². The molecule has 5 rings (SSSR count). The topological polar surface area (TPSA) is 64.1 Å². The van der Waals surface area contributed by atoms with E-state index in [2.05, 4.69) is 29.2 Å². The fourth-order valence-electron chi connectivity index (χ4n) is 5.26. The molecule has 3 aliphatic heterocycles. The standard InChI is InChI=1S/C26H31N3O3/c30-23(17-27-13-10-19-5-1-2-6-21(19)16-27)18-28-14-11-20-15-22(8-9-24(20)26(28)32)29-12-4-3-7-25(29)31/h1-2,5-6,8-9,15,23,30H,3-4,7,10-14,16-18H2/t23-/m1/s1. The first-order valence-corrected chi connectivity index (χ1v) is 11.8. The number of aliphatic hydroxyl groups excluding tert-OH is 1.